The summed E-state index contributed by atoms with van der Waals surface area (Å²) >= 11 is 0. The van der Waals surface area contributed by atoms with E-state index in [0.29, 0.717) is 26.1 Å². The van der Waals surface area contributed by atoms with Crippen molar-refractivity contribution in [3.8, 4) is 0 Å². The Kier molecular flexibility index (Phi) is 5.81. The number of amides is 1. The molecule has 4 aromatic rings. The third-order valence-corrected chi connectivity index (χ3v) is 5.28. The van der Waals surface area contributed by atoms with Crippen LogP contribution in [0, 0.1) is 5.82 Å². The van der Waals surface area contributed by atoms with Crippen molar-refractivity contribution in [2.75, 3.05) is 13.7 Å². The molecule has 0 bridgehead atoms. The molecule has 1 atom stereocenters. The number of rotatable bonds is 8. The van der Waals surface area contributed by atoms with Gasteiger partial charge in [-0.1, -0.05) is 12.1 Å². The van der Waals surface area contributed by atoms with Crippen LogP contribution in [-0.4, -0.2) is 33.7 Å². The topological polar surface area (TPSA) is 61.1 Å². The van der Waals surface area contributed by atoms with E-state index in [1.165, 1.54) is 12.1 Å². The van der Waals surface area contributed by atoms with E-state index in [0.717, 1.165) is 27.8 Å². The molecule has 1 amide bonds. The predicted octanol–water partition coefficient (Wildman–Crippen LogP) is 4.04. The van der Waals surface area contributed by atoms with Gasteiger partial charge in [0.1, 0.15) is 11.6 Å². The summed E-state index contributed by atoms with van der Waals surface area (Å²) in [7, 11) is 1.67. The normalized spacial score (nSPS) is 12.5. The van der Waals surface area contributed by atoms with Gasteiger partial charge in [0.05, 0.1) is 29.2 Å². The third-order valence-electron chi connectivity index (χ3n) is 5.28. The lowest BCUT2D eigenvalue weighted by molar-refractivity contribution is -0.122. The molecule has 0 saturated heterocycles. The number of aromatic nitrogens is 3. The molecule has 4 rings (SSSR count). The number of aryl methyl sites for hydroxylation is 1. The number of methoxy groups -OCH3 is 1. The van der Waals surface area contributed by atoms with E-state index in [-0.39, 0.29) is 17.8 Å². The highest BCUT2D eigenvalue weighted by Gasteiger charge is 2.18. The van der Waals surface area contributed by atoms with Crippen molar-refractivity contribution < 1.29 is 13.9 Å². The number of benzene rings is 2. The summed E-state index contributed by atoms with van der Waals surface area (Å²) in [5.41, 5.74) is 2.70. The largest absolute Gasteiger partial charge is 0.383 e. The molecule has 0 spiro atoms. The van der Waals surface area contributed by atoms with Crippen LogP contribution >= 0.6 is 0 Å². The van der Waals surface area contributed by atoms with Crippen molar-refractivity contribution in [1.29, 1.82) is 0 Å². The second-order valence-corrected chi connectivity index (χ2v) is 7.35. The van der Waals surface area contributed by atoms with E-state index in [1.807, 2.05) is 48.0 Å². The van der Waals surface area contributed by atoms with Crippen molar-refractivity contribution in [1.82, 2.24) is 19.4 Å². The molecule has 0 radical (unpaired) electrons. The fourth-order valence-corrected chi connectivity index (χ4v) is 3.79. The lowest BCUT2D eigenvalue weighted by atomic mass is 10.2. The van der Waals surface area contributed by atoms with Crippen molar-refractivity contribution in [3.63, 3.8) is 0 Å². The number of hydrogen-bond donors (Lipinski definition) is 1. The minimum absolute atomic E-state index is 0.0777. The van der Waals surface area contributed by atoms with Crippen molar-refractivity contribution in [2.45, 2.75) is 32.5 Å². The first-order valence-electron chi connectivity index (χ1n) is 10.0. The molecule has 0 saturated carbocycles. The standard InChI is InChI=1S/C23H25FN4O2/c1-16(23-26-19-5-3-4-6-20(19)28(23)13-14-30-2)25-22(29)10-12-27-11-9-17-7-8-18(24)15-21(17)27/h3-9,11,15-16H,10,12-14H2,1-2H3,(H,25,29). The predicted molar refractivity (Wildman–Crippen MR) is 115 cm³/mol. The zero-order valence-corrected chi connectivity index (χ0v) is 17.1. The summed E-state index contributed by atoms with van der Waals surface area (Å²) in [4.78, 5) is 17.3. The number of hydrogen-bond acceptors (Lipinski definition) is 3. The molecule has 6 nitrogen and oxygen atoms in total. The number of nitrogens with zero attached hydrogens (tertiary/aromatic N) is 3. The first kappa shape index (κ1) is 20.1. The van der Waals surface area contributed by atoms with Crippen LogP contribution in [0.2, 0.25) is 0 Å². The Hall–Kier alpha value is -3.19. The van der Waals surface area contributed by atoms with Crippen LogP contribution in [0.15, 0.2) is 54.7 Å². The number of para-hydroxylation sites is 2. The van der Waals surface area contributed by atoms with E-state index in [4.69, 9.17) is 9.72 Å². The molecule has 156 valence electrons. The van der Waals surface area contributed by atoms with Crippen LogP contribution in [-0.2, 0) is 22.6 Å². The molecule has 2 aromatic carbocycles. The molecule has 30 heavy (non-hydrogen) atoms. The summed E-state index contributed by atoms with van der Waals surface area (Å²) in [6, 6.07) is 14.3. The molecular formula is C23H25FN4O2. The summed E-state index contributed by atoms with van der Waals surface area (Å²) in [5.74, 6) is 0.441. The van der Waals surface area contributed by atoms with E-state index >= 15 is 0 Å². The van der Waals surface area contributed by atoms with Crippen LogP contribution in [0.4, 0.5) is 4.39 Å². The maximum Gasteiger partial charge on any atom is 0.222 e. The molecule has 1 N–H and O–H groups in total. The minimum Gasteiger partial charge on any atom is -0.383 e. The first-order chi connectivity index (χ1) is 14.6. The Bertz CT molecular complexity index is 1180. The summed E-state index contributed by atoms with van der Waals surface area (Å²) < 4.78 is 22.8. The highest BCUT2D eigenvalue weighted by molar-refractivity contribution is 5.81. The highest BCUT2D eigenvalue weighted by Crippen LogP contribution is 2.21. The second kappa shape index (κ2) is 8.67. The van der Waals surface area contributed by atoms with Crippen molar-refractivity contribution in [3.05, 3.63) is 66.4 Å². The number of ether oxygens (including phenoxy) is 1. The zero-order valence-electron chi connectivity index (χ0n) is 17.1. The number of halogens is 1. The quantitative estimate of drug-likeness (QED) is 0.479. The lowest BCUT2D eigenvalue weighted by Gasteiger charge is -2.16. The Morgan fingerprint density at radius 1 is 1.17 bits per heavy atom. The second-order valence-electron chi connectivity index (χ2n) is 7.35. The molecule has 2 aromatic heterocycles. The van der Waals surface area contributed by atoms with Gasteiger partial charge in [0.2, 0.25) is 5.91 Å². The molecule has 0 fully saturated rings. The monoisotopic (exact) mass is 408 g/mol. The van der Waals surface area contributed by atoms with Gasteiger partial charge < -0.3 is 19.2 Å². The number of fused-ring (bicyclic) bond motifs is 2. The van der Waals surface area contributed by atoms with Crippen molar-refractivity contribution in [2.24, 2.45) is 0 Å². The lowest BCUT2D eigenvalue weighted by Crippen LogP contribution is -2.29. The number of carbonyl (C=O) groups excluding carboxylic acids is 1. The van der Waals surface area contributed by atoms with Gasteiger partial charge in [0.15, 0.2) is 0 Å². The Labute approximate surface area is 174 Å². The molecule has 0 aliphatic carbocycles. The SMILES string of the molecule is COCCn1c(C(C)NC(=O)CCn2ccc3ccc(F)cc32)nc2ccccc21. The Morgan fingerprint density at radius 2 is 2.00 bits per heavy atom. The molecule has 2 heterocycles. The van der Waals surface area contributed by atoms with Crippen molar-refractivity contribution >= 4 is 27.8 Å². The zero-order chi connectivity index (χ0) is 21.1. The molecule has 0 aliphatic rings. The third kappa shape index (κ3) is 4.07. The molecular weight excluding hydrogens is 383 g/mol. The van der Waals surface area contributed by atoms with Crippen LogP contribution in [0.5, 0.6) is 0 Å². The van der Waals surface area contributed by atoms with E-state index in [9.17, 15) is 9.18 Å². The molecule has 1 unspecified atom stereocenters. The highest BCUT2D eigenvalue weighted by atomic mass is 19.1. The summed E-state index contributed by atoms with van der Waals surface area (Å²) in [6.45, 7) is 3.63. The molecule has 0 aliphatic heterocycles. The number of imidazole rings is 1. The van der Waals surface area contributed by atoms with Gasteiger partial charge in [0.25, 0.3) is 0 Å². The first-order valence-corrected chi connectivity index (χ1v) is 10.0. The fraction of sp³-hybridized carbons (Fsp3) is 0.304. The average molecular weight is 408 g/mol. The summed E-state index contributed by atoms with van der Waals surface area (Å²) in [6.07, 6.45) is 2.17. The minimum atomic E-state index is -0.282. The van der Waals surface area contributed by atoms with Gasteiger partial charge in [-0.25, -0.2) is 9.37 Å². The molecule has 7 heteroatoms. The fourth-order valence-electron chi connectivity index (χ4n) is 3.79. The summed E-state index contributed by atoms with van der Waals surface area (Å²) in [5, 5.41) is 4.00. The number of nitrogens with one attached hydrogen (secondary N) is 1. The van der Waals surface area contributed by atoms with Gasteiger partial charge in [-0.3, -0.25) is 4.79 Å². The van der Waals surface area contributed by atoms with E-state index in [2.05, 4.69) is 9.88 Å². The van der Waals surface area contributed by atoms with Crippen LogP contribution in [0.25, 0.3) is 21.9 Å². The van der Waals surface area contributed by atoms with Gasteiger partial charge in [-0.05, 0) is 48.7 Å². The van der Waals surface area contributed by atoms with E-state index in [1.54, 1.807) is 13.2 Å². The van der Waals surface area contributed by atoms with Gasteiger partial charge in [0, 0.05) is 32.8 Å². The Morgan fingerprint density at radius 3 is 2.83 bits per heavy atom. The van der Waals surface area contributed by atoms with E-state index < -0.39 is 0 Å². The van der Waals surface area contributed by atoms with Gasteiger partial charge in [-0.15, -0.1) is 0 Å². The Balaban J connectivity index is 1.46. The van der Waals surface area contributed by atoms with Gasteiger partial charge in [-0.2, -0.15) is 0 Å². The average Bonchev–Trinajstić information content (AvgIpc) is 3.31. The van der Waals surface area contributed by atoms with Crippen LogP contribution in [0.3, 0.4) is 0 Å². The van der Waals surface area contributed by atoms with Gasteiger partial charge >= 0.3 is 0 Å². The number of carbonyl (C=O) groups is 1. The maximum atomic E-state index is 13.6. The smallest absolute Gasteiger partial charge is 0.222 e. The maximum absolute atomic E-state index is 13.6. The van der Waals surface area contributed by atoms with Crippen LogP contribution in [0.1, 0.15) is 25.2 Å². The van der Waals surface area contributed by atoms with Crippen LogP contribution < -0.4 is 5.32 Å².